The summed E-state index contributed by atoms with van der Waals surface area (Å²) in [5.41, 5.74) is 0. The Balaban J connectivity index is 2.57. The molecule has 7 heteroatoms. The summed E-state index contributed by atoms with van der Waals surface area (Å²) in [4.78, 5) is 35.8. The second-order valence-corrected chi connectivity index (χ2v) is 6.01. The highest BCUT2D eigenvalue weighted by Gasteiger charge is 2.39. The summed E-state index contributed by atoms with van der Waals surface area (Å²) in [7, 11) is 0. The summed E-state index contributed by atoms with van der Waals surface area (Å²) < 4.78 is 0. The van der Waals surface area contributed by atoms with Gasteiger partial charge in [-0.15, -0.1) is 0 Å². The first-order valence-electron chi connectivity index (χ1n) is 7.19. The average Bonchev–Trinajstić information content (AvgIpc) is 2.37. The molecule has 3 N–H and O–H groups in total. The third-order valence-electron chi connectivity index (χ3n) is 4.09. The summed E-state index contributed by atoms with van der Waals surface area (Å²) in [6.45, 7) is 6.54. The SMILES string of the molecule is CC(C)C(C)NC(=O)CN1CCC(C(=O)O)C(C(=O)O)C1. The second kappa shape index (κ2) is 7.40. The Labute approximate surface area is 124 Å². The van der Waals surface area contributed by atoms with Gasteiger partial charge in [-0.2, -0.15) is 0 Å². The number of hydrogen-bond acceptors (Lipinski definition) is 4. The molecule has 120 valence electrons. The molecule has 0 spiro atoms. The normalized spacial score (nSPS) is 24.6. The highest BCUT2D eigenvalue weighted by molar-refractivity contribution is 5.81. The lowest BCUT2D eigenvalue weighted by atomic mass is 9.85. The van der Waals surface area contributed by atoms with Crippen LogP contribution >= 0.6 is 0 Å². The van der Waals surface area contributed by atoms with Gasteiger partial charge in [0.1, 0.15) is 0 Å². The molecular formula is C14H24N2O5. The molecule has 0 aromatic rings. The topological polar surface area (TPSA) is 107 Å². The van der Waals surface area contributed by atoms with E-state index in [4.69, 9.17) is 10.2 Å². The van der Waals surface area contributed by atoms with Crippen molar-refractivity contribution in [3.63, 3.8) is 0 Å². The van der Waals surface area contributed by atoms with Crippen LogP contribution in [-0.2, 0) is 14.4 Å². The fourth-order valence-corrected chi connectivity index (χ4v) is 2.38. The van der Waals surface area contributed by atoms with Gasteiger partial charge >= 0.3 is 11.9 Å². The Morgan fingerprint density at radius 1 is 1.14 bits per heavy atom. The number of likely N-dealkylation sites (tertiary alicyclic amines) is 1. The van der Waals surface area contributed by atoms with Gasteiger partial charge in [0.2, 0.25) is 5.91 Å². The molecule has 1 heterocycles. The van der Waals surface area contributed by atoms with Crippen LogP contribution in [0.2, 0.25) is 0 Å². The maximum Gasteiger partial charge on any atom is 0.308 e. The fourth-order valence-electron chi connectivity index (χ4n) is 2.38. The number of rotatable bonds is 6. The van der Waals surface area contributed by atoms with Gasteiger partial charge in [-0.1, -0.05) is 13.8 Å². The van der Waals surface area contributed by atoms with Gasteiger partial charge in [0.15, 0.2) is 0 Å². The number of carbonyl (C=O) groups is 3. The standard InChI is InChI=1S/C14H24N2O5/c1-8(2)9(3)15-12(17)7-16-5-4-10(13(18)19)11(6-16)14(20)21/h8-11H,4-7H2,1-3H3,(H,15,17)(H,18,19)(H,20,21). The molecule has 3 unspecified atom stereocenters. The predicted octanol–water partition coefficient (Wildman–Crippen LogP) is 0.254. The van der Waals surface area contributed by atoms with Gasteiger partial charge in [0.05, 0.1) is 18.4 Å². The number of carbonyl (C=O) groups excluding carboxylic acids is 1. The lowest BCUT2D eigenvalue weighted by Gasteiger charge is -2.34. The molecule has 21 heavy (non-hydrogen) atoms. The van der Waals surface area contributed by atoms with Crippen molar-refractivity contribution >= 4 is 17.8 Å². The summed E-state index contributed by atoms with van der Waals surface area (Å²) in [6, 6.07) is 0.0457. The monoisotopic (exact) mass is 300 g/mol. The molecule has 0 aromatic carbocycles. The van der Waals surface area contributed by atoms with Crippen LogP contribution in [0.5, 0.6) is 0 Å². The molecule has 1 rings (SSSR count). The van der Waals surface area contributed by atoms with Crippen LogP contribution in [0.1, 0.15) is 27.2 Å². The number of nitrogens with one attached hydrogen (secondary N) is 1. The Hall–Kier alpha value is -1.63. The van der Waals surface area contributed by atoms with E-state index >= 15 is 0 Å². The number of hydrogen-bond donors (Lipinski definition) is 3. The minimum absolute atomic E-state index is 0.0457. The smallest absolute Gasteiger partial charge is 0.308 e. The zero-order valence-corrected chi connectivity index (χ0v) is 12.7. The molecule has 0 bridgehead atoms. The fraction of sp³-hybridized carbons (Fsp3) is 0.786. The van der Waals surface area contributed by atoms with E-state index in [2.05, 4.69) is 5.32 Å². The summed E-state index contributed by atoms with van der Waals surface area (Å²) in [6.07, 6.45) is 0.249. The predicted molar refractivity (Wildman–Crippen MR) is 75.8 cm³/mol. The summed E-state index contributed by atoms with van der Waals surface area (Å²) in [5.74, 6) is -3.89. The highest BCUT2D eigenvalue weighted by atomic mass is 16.4. The number of amides is 1. The number of carboxylic acid groups (broad SMARTS) is 2. The molecule has 0 aliphatic carbocycles. The molecule has 0 radical (unpaired) electrons. The molecular weight excluding hydrogens is 276 g/mol. The molecule has 3 atom stereocenters. The van der Waals surface area contributed by atoms with Gasteiger partial charge < -0.3 is 15.5 Å². The Morgan fingerprint density at radius 3 is 2.19 bits per heavy atom. The maximum atomic E-state index is 11.9. The summed E-state index contributed by atoms with van der Waals surface area (Å²) in [5, 5.41) is 21.0. The number of aliphatic carboxylic acids is 2. The number of carboxylic acids is 2. The van der Waals surface area contributed by atoms with E-state index in [1.807, 2.05) is 20.8 Å². The minimum atomic E-state index is -1.12. The van der Waals surface area contributed by atoms with Crippen LogP contribution in [0, 0.1) is 17.8 Å². The van der Waals surface area contributed by atoms with Crippen LogP contribution in [0.15, 0.2) is 0 Å². The Kier molecular flexibility index (Phi) is 6.14. The van der Waals surface area contributed by atoms with E-state index in [-0.39, 0.29) is 31.5 Å². The Morgan fingerprint density at radius 2 is 1.71 bits per heavy atom. The molecule has 0 aromatic heterocycles. The van der Waals surface area contributed by atoms with Crippen LogP contribution in [-0.4, -0.2) is 58.6 Å². The zero-order valence-electron chi connectivity index (χ0n) is 12.7. The van der Waals surface area contributed by atoms with Gasteiger partial charge in [-0.25, -0.2) is 0 Å². The zero-order chi connectivity index (χ0) is 16.2. The van der Waals surface area contributed by atoms with Crippen molar-refractivity contribution < 1.29 is 24.6 Å². The van der Waals surface area contributed by atoms with Gasteiger partial charge in [0, 0.05) is 12.6 Å². The minimum Gasteiger partial charge on any atom is -0.481 e. The molecule has 1 saturated heterocycles. The molecule has 1 aliphatic rings. The molecule has 1 aliphatic heterocycles. The van der Waals surface area contributed by atoms with Crippen molar-refractivity contribution in [1.82, 2.24) is 10.2 Å². The quantitative estimate of drug-likeness (QED) is 0.649. The van der Waals surface area contributed by atoms with E-state index in [1.165, 1.54) is 0 Å². The molecule has 1 fully saturated rings. The van der Waals surface area contributed by atoms with E-state index in [1.54, 1.807) is 4.90 Å². The van der Waals surface area contributed by atoms with Gasteiger partial charge in [-0.3, -0.25) is 19.3 Å². The molecule has 1 amide bonds. The van der Waals surface area contributed by atoms with E-state index in [9.17, 15) is 14.4 Å². The third kappa shape index (κ3) is 5.00. The molecule has 0 saturated carbocycles. The lowest BCUT2D eigenvalue weighted by molar-refractivity contribution is -0.157. The number of piperidine rings is 1. The largest absolute Gasteiger partial charge is 0.481 e. The first-order valence-corrected chi connectivity index (χ1v) is 7.19. The van der Waals surface area contributed by atoms with E-state index in [0.29, 0.717) is 12.5 Å². The van der Waals surface area contributed by atoms with Crippen molar-refractivity contribution in [3.8, 4) is 0 Å². The van der Waals surface area contributed by atoms with Crippen molar-refractivity contribution in [2.45, 2.75) is 33.2 Å². The lowest BCUT2D eigenvalue weighted by Crippen LogP contribution is -2.50. The van der Waals surface area contributed by atoms with Gasteiger partial charge in [-0.05, 0) is 25.8 Å². The summed E-state index contributed by atoms with van der Waals surface area (Å²) >= 11 is 0. The average molecular weight is 300 g/mol. The Bertz CT molecular complexity index is 410. The van der Waals surface area contributed by atoms with Crippen LogP contribution in [0.4, 0.5) is 0 Å². The van der Waals surface area contributed by atoms with Crippen LogP contribution < -0.4 is 5.32 Å². The van der Waals surface area contributed by atoms with Crippen molar-refractivity contribution in [3.05, 3.63) is 0 Å². The van der Waals surface area contributed by atoms with E-state index < -0.39 is 23.8 Å². The third-order valence-corrected chi connectivity index (χ3v) is 4.09. The van der Waals surface area contributed by atoms with Crippen LogP contribution in [0.3, 0.4) is 0 Å². The van der Waals surface area contributed by atoms with E-state index in [0.717, 1.165) is 0 Å². The maximum absolute atomic E-state index is 11.9. The highest BCUT2D eigenvalue weighted by Crippen LogP contribution is 2.24. The second-order valence-electron chi connectivity index (χ2n) is 6.01. The first-order chi connectivity index (χ1) is 9.72. The molecule has 7 nitrogen and oxygen atoms in total. The van der Waals surface area contributed by atoms with Crippen LogP contribution in [0.25, 0.3) is 0 Å². The van der Waals surface area contributed by atoms with Crippen molar-refractivity contribution in [2.24, 2.45) is 17.8 Å². The van der Waals surface area contributed by atoms with Crippen molar-refractivity contribution in [1.29, 1.82) is 0 Å². The first kappa shape index (κ1) is 17.4. The number of nitrogens with zero attached hydrogens (tertiary/aromatic N) is 1. The van der Waals surface area contributed by atoms with Gasteiger partial charge in [0.25, 0.3) is 0 Å². The van der Waals surface area contributed by atoms with Crippen molar-refractivity contribution in [2.75, 3.05) is 19.6 Å².